The van der Waals surface area contributed by atoms with E-state index in [0.717, 1.165) is 12.5 Å². The Labute approximate surface area is 137 Å². The molecule has 134 valence electrons. The molecule has 2 atom stereocenters. The van der Waals surface area contributed by atoms with Gasteiger partial charge in [0.05, 0.1) is 18.2 Å². The van der Waals surface area contributed by atoms with Crippen molar-refractivity contribution in [2.24, 2.45) is 0 Å². The fourth-order valence-electron chi connectivity index (χ4n) is 3.20. The number of carbonyl (C=O) groups is 1. The predicted molar refractivity (Wildman–Crippen MR) is 79.4 cm³/mol. The van der Waals surface area contributed by atoms with Crippen LogP contribution in [-0.2, 0) is 10.9 Å². The molecule has 0 aromatic carbocycles. The molecule has 0 aliphatic carbocycles. The van der Waals surface area contributed by atoms with E-state index in [-0.39, 0.29) is 24.2 Å². The van der Waals surface area contributed by atoms with Gasteiger partial charge in [0.2, 0.25) is 0 Å². The molecule has 2 fully saturated rings. The van der Waals surface area contributed by atoms with E-state index >= 15 is 0 Å². The first-order valence-corrected chi connectivity index (χ1v) is 8.14. The maximum atomic E-state index is 12.6. The lowest BCUT2D eigenvalue weighted by Crippen LogP contribution is -2.49. The van der Waals surface area contributed by atoms with Gasteiger partial charge in [-0.25, -0.2) is 4.79 Å². The molecule has 1 aromatic heterocycles. The van der Waals surface area contributed by atoms with E-state index in [1.165, 1.54) is 10.9 Å². The molecule has 2 aliphatic rings. The van der Waals surface area contributed by atoms with E-state index in [2.05, 4.69) is 10.4 Å². The number of rotatable bonds is 2. The highest BCUT2D eigenvalue weighted by atomic mass is 19.4. The third-order valence-electron chi connectivity index (χ3n) is 4.71. The van der Waals surface area contributed by atoms with Crippen LogP contribution >= 0.6 is 0 Å². The molecule has 3 rings (SSSR count). The molecule has 0 unspecified atom stereocenters. The second kappa shape index (κ2) is 6.62. The number of amides is 2. The smallest absolute Gasteiger partial charge is 0.376 e. The molecule has 0 spiro atoms. The largest absolute Gasteiger partial charge is 0.435 e. The molecular formula is C15H21F3N4O2. The standard InChI is InChI=1S/C15H21F3N4O2/c1-10-12(5-9-24-10)19-14(23)21-6-2-11(3-7-21)22-8-4-13(20-22)15(16,17)18/h4,8,10-12H,2-3,5-7,9H2,1H3,(H,19,23)/t10-,12-/m1/s1. The summed E-state index contributed by atoms with van der Waals surface area (Å²) in [6.45, 7) is 3.58. The first-order chi connectivity index (χ1) is 11.3. The van der Waals surface area contributed by atoms with Crippen LogP contribution in [0.3, 0.4) is 0 Å². The van der Waals surface area contributed by atoms with Gasteiger partial charge in [0, 0.05) is 25.9 Å². The number of aromatic nitrogens is 2. The van der Waals surface area contributed by atoms with Crippen molar-refractivity contribution >= 4 is 6.03 Å². The molecule has 24 heavy (non-hydrogen) atoms. The number of nitrogens with zero attached hydrogens (tertiary/aromatic N) is 3. The lowest BCUT2D eigenvalue weighted by molar-refractivity contribution is -0.141. The van der Waals surface area contributed by atoms with Crippen LogP contribution in [0.5, 0.6) is 0 Å². The first-order valence-electron chi connectivity index (χ1n) is 8.14. The summed E-state index contributed by atoms with van der Waals surface area (Å²) in [6, 6.07) is 0.766. The predicted octanol–water partition coefficient (Wildman–Crippen LogP) is 2.43. The number of hydrogen-bond acceptors (Lipinski definition) is 3. The molecule has 0 saturated carbocycles. The minimum Gasteiger partial charge on any atom is -0.376 e. The van der Waals surface area contributed by atoms with Gasteiger partial charge in [-0.05, 0) is 32.3 Å². The molecule has 2 aliphatic heterocycles. The Morgan fingerprint density at radius 2 is 2.04 bits per heavy atom. The Bertz CT molecular complexity index is 582. The zero-order chi connectivity index (χ0) is 17.3. The Balaban J connectivity index is 1.52. The van der Waals surface area contributed by atoms with Crippen molar-refractivity contribution in [2.45, 2.75) is 50.6 Å². The maximum Gasteiger partial charge on any atom is 0.435 e. The highest BCUT2D eigenvalue weighted by molar-refractivity contribution is 5.74. The second-order valence-corrected chi connectivity index (χ2v) is 6.32. The van der Waals surface area contributed by atoms with Crippen LogP contribution in [0.15, 0.2) is 12.3 Å². The molecular weight excluding hydrogens is 325 g/mol. The van der Waals surface area contributed by atoms with Gasteiger partial charge in [0.25, 0.3) is 0 Å². The second-order valence-electron chi connectivity index (χ2n) is 6.32. The van der Waals surface area contributed by atoms with Crippen molar-refractivity contribution in [1.82, 2.24) is 20.0 Å². The van der Waals surface area contributed by atoms with E-state index in [1.807, 2.05) is 6.92 Å². The number of urea groups is 1. The van der Waals surface area contributed by atoms with Crippen LogP contribution < -0.4 is 5.32 Å². The summed E-state index contributed by atoms with van der Waals surface area (Å²) in [5.74, 6) is 0. The Morgan fingerprint density at radius 1 is 1.33 bits per heavy atom. The topological polar surface area (TPSA) is 59.4 Å². The van der Waals surface area contributed by atoms with Gasteiger partial charge in [0.1, 0.15) is 0 Å². The molecule has 0 radical (unpaired) electrons. The summed E-state index contributed by atoms with van der Waals surface area (Å²) in [6.07, 6.45) is -1.08. The van der Waals surface area contributed by atoms with E-state index in [4.69, 9.17) is 4.74 Å². The van der Waals surface area contributed by atoms with Crippen molar-refractivity contribution in [3.63, 3.8) is 0 Å². The fourth-order valence-corrected chi connectivity index (χ4v) is 3.20. The molecule has 3 heterocycles. The van der Waals surface area contributed by atoms with Crippen molar-refractivity contribution in [1.29, 1.82) is 0 Å². The number of likely N-dealkylation sites (tertiary alicyclic amines) is 1. The van der Waals surface area contributed by atoms with Gasteiger partial charge in [-0.3, -0.25) is 4.68 Å². The Morgan fingerprint density at radius 3 is 2.58 bits per heavy atom. The normalized spacial score (nSPS) is 25.9. The van der Waals surface area contributed by atoms with Gasteiger partial charge >= 0.3 is 12.2 Å². The van der Waals surface area contributed by atoms with Crippen molar-refractivity contribution in [3.8, 4) is 0 Å². The highest BCUT2D eigenvalue weighted by Crippen LogP contribution is 2.29. The van der Waals surface area contributed by atoms with Gasteiger partial charge < -0.3 is 15.0 Å². The molecule has 6 nitrogen and oxygen atoms in total. The summed E-state index contributed by atoms with van der Waals surface area (Å²) >= 11 is 0. The number of nitrogens with one attached hydrogen (secondary N) is 1. The number of halogens is 3. The number of piperidine rings is 1. The average molecular weight is 346 g/mol. The maximum absolute atomic E-state index is 12.6. The summed E-state index contributed by atoms with van der Waals surface area (Å²) < 4.78 is 44.6. The minimum absolute atomic E-state index is 0.0105. The fraction of sp³-hybridized carbons (Fsp3) is 0.733. The molecule has 1 N–H and O–H groups in total. The quantitative estimate of drug-likeness (QED) is 0.895. The van der Waals surface area contributed by atoms with Gasteiger partial charge in [-0.15, -0.1) is 0 Å². The third kappa shape index (κ3) is 3.66. The Kier molecular flexibility index (Phi) is 4.71. The lowest BCUT2D eigenvalue weighted by atomic mass is 10.1. The number of carbonyl (C=O) groups excluding carboxylic acids is 1. The minimum atomic E-state index is -4.42. The lowest BCUT2D eigenvalue weighted by Gasteiger charge is -2.33. The van der Waals surface area contributed by atoms with Crippen LogP contribution in [0, 0.1) is 0 Å². The molecule has 9 heteroatoms. The Hall–Kier alpha value is -1.77. The molecule has 0 bridgehead atoms. The summed E-state index contributed by atoms with van der Waals surface area (Å²) in [5.41, 5.74) is -0.877. The van der Waals surface area contributed by atoms with Gasteiger partial charge in [-0.2, -0.15) is 18.3 Å². The summed E-state index contributed by atoms with van der Waals surface area (Å²) in [7, 11) is 0. The van der Waals surface area contributed by atoms with E-state index in [1.54, 1.807) is 4.90 Å². The first kappa shape index (κ1) is 17.1. The van der Waals surface area contributed by atoms with Crippen LogP contribution in [0.1, 0.15) is 37.9 Å². The van der Waals surface area contributed by atoms with Crippen molar-refractivity contribution in [2.75, 3.05) is 19.7 Å². The monoisotopic (exact) mass is 346 g/mol. The van der Waals surface area contributed by atoms with Crippen LogP contribution in [0.2, 0.25) is 0 Å². The van der Waals surface area contributed by atoms with Crippen LogP contribution in [-0.4, -0.2) is 52.6 Å². The zero-order valence-corrected chi connectivity index (χ0v) is 13.4. The van der Waals surface area contributed by atoms with Crippen molar-refractivity contribution < 1.29 is 22.7 Å². The molecule has 1 aromatic rings. The van der Waals surface area contributed by atoms with Crippen LogP contribution in [0.25, 0.3) is 0 Å². The SMILES string of the molecule is C[C@H]1OCC[C@H]1NC(=O)N1CCC(n2ccc(C(F)(F)F)n2)CC1. The van der Waals surface area contributed by atoms with Crippen LogP contribution in [0.4, 0.5) is 18.0 Å². The summed E-state index contributed by atoms with van der Waals surface area (Å²) in [4.78, 5) is 14.0. The average Bonchev–Trinajstić information content (AvgIpc) is 3.17. The van der Waals surface area contributed by atoms with E-state index in [9.17, 15) is 18.0 Å². The van der Waals surface area contributed by atoms with E-state index in [0.29, 0.717) is 32.5 Å². The van der Waals surface area contributed by atoms with Crippen molar-refractivity contribution in [3.05, 3.63) is 18.0 Å². The molecule has 2 amide bonds. The van der Waals surface area contributed by atoms with Gasteiger partial charge in [-0.1, -0.05) is 0 Å². The summed E-state index contributed by atoms with van der Waals surface area (Å²) in [5, 5.41) is 6.59. The number of alkyl halides is 3. The third-order valence-corrected chi connectivity index (χ3v) is 4.71. The zero-order valence-electron chi connectivity index (χ0n) is 13.4. The number of ether oxygens (including phenoxy) is 1. The number of hydrogen-bond donors (Lipinski definition) is 1. The van der Waals surface area contributed by atoms with Gasteiger partial charge in [0.15, 0.2) is 5.69 Å². The van der Waals surface area contributed by atoms with E-state index < -0.39 is 11.9 Å². The molecule has 2 saturated heterocycles. The highest BCUT2D eigenvalue weighted by Gasteiger charge is 2.35.